The van der Waals surface area contributed by atoms with Crippen LogP contribution in [0.1, 0.15) is 15.9 Å². The lowest BCUT2D eigenvalue weighted by atomic mass is 10.0. The Hall–Kier alpha value is -3.33. The summed E-state index contributed by atoms with van der Waals surface area (Å²) in [4.78, 5) is 12.1. The van der Waals surface area contributed by atoms with E-state index in [1.807, 2.05) is 0 Å². The summed E-state index contributed by atoms with van der Waals surface area (Å²) in [6.07, 6.45) is -2.84. The Morgan fingerprint density at radius 2 is 1.64 bits per heavy atom. The van der Waals surface area contributed by atoms with Crippen LogP contribution in [0.4, 0.5) is 0 Å². The summed E-state index contributed by atoms with van der Waals surface area (Å²) in [5.41, 5.74) is -0.0296. The molecule has 9 nitrogen and oxygen atoms in total. The van der Waals surface area contributed by atoms with Gasteiger partial charge in [-0.2, -0.15) is 0 Å². The largest absolute Gasteiger partial charge is 0.508 e. The molecule has 2 aromatic rings. The van der Waals surface area contributed by atoms with Gasteiger partial charge in [-0.3, -0.25) is 0 Å². The van der Waals surface area contributed by atoms with E-state index in [0.29, 0.717) is 0 Å². The lowest BCUT2D eigenvalue weighted by Crippen LogP contribution is -2.40. The fraction of sp³-hybridized carbons (Fsp3) is 0.188. The van der Waals surface area contributed by atoms with Crippen LogP contribution in [0.5, 0.6) is 34.5 Å². The van der Waals surface area contributed by atoms with Crippen LogP contribution in [0.2, 0.25) is 0 Å². The number of rotatable bonds is 2. The number of ether oxygens (including phenoxy) is 2. The zero-order chi connectivity index (χ0) is 18.3. The molecule has 6 N–H and O–H groups in total. The standard InChI is InChI=1S/C16H14O9/c17-7-3-9(18)8-5-13(16(23)24-12(8)4-7)25-15(22)6-1-10(19)14(21)11(20)2-6/h1-4,13,16-21,23H,5H2/t13-,16-/m1/s1. The van der Waals surface area contributed by atoms with Gasteiger partial charge in [-0.05, 0) is 12.1 Å². The van der Waals surface area contributed by atoms with Crippen molar-refractivity contribution in [2.24, 2.45) is 0 Å². The van der Waals surface area contributed by atoms with E-state index in [4.69, 9.17) is 9.47 Å². The molecule has 0 saturated carbocycles. The van der Waals surface area contributed by atoms with Gasteiger partial charge in [0.05, 0.1) is 5.56 Å². The first-order chi connectivity index (χ1) is 11.8. The van der Waals surface area contributed by atoms with Crippen LogP contribution in [0, 0.1) is 0 Å². The predicted octanol–water partition coefficient (Wildman–Crippen LogP) is 0.693. The number of phenolic OH excluding ortho intramolecular Hbond substituents is 5. The first-order valence-electron chi connectivity index (χ1n) is 7.11. The zero-order valence-electron chi connectivity index (χ0n) is 12.6. The van der Waals surface area contributed by atoms with Gasteiger partial charge in [0.2, 0.25) is 6.29 Å². The van der Waals surface area contributed by atoms with E-state index in [0.717, 1.165) is 18.2 Å². The van der Waals surface area contributed by atoms with Crippen molar-refractivity contribution < 1.29 is 44.9 Å². The van der Waals surface area contributed by atoms with E-state index in [1.54, 1.807) is 0 Å². The lowest BCUT2D eigenvalue weighted by molar-refractivity contribution is -0.119. The first kappa shape index (κ1) is 16.5. The van der Waals surface area contributed by atoms with Gasteiger partial charge < -0.3 is 40.1 Å². The molecule has 2 aromatic carbocycles. The second-order valence-electron chi connectivity index (χ2n) is 5.46. The Morgan fingerprint density at radius 3 is 2.28 bits per heavy atom. The summed E-state index contributed by atoms with van der Waals surface area (Å²) < 4.78 is 10.2. The van der Waals surface area contributed by atoms with Crippen LogP contribution < -0.4 is 4.74 Å². The number of aliphatic hydroxyl groups excluding tert-OH is 1. The summed E-state index contributed by atoms with van der Waals surface area (Å²) in [5, 5.41) is 57.3. The Bertz CT molecular complexity index is 823. The highest BCUT2D eigenvalue weighted by Gasteiger charge is 2.34. The third kappa shape index (κ3) is 3.04. The first-order valence-corrected chi connectivity index (χ1v) is 7.11. The molecular weight excluding hydrogens is 336 g/mol. The van der Waals surface area contributed by atoms with Crippen LogP contribution >= 0.6 is 0 Å². The number of carbonyl (C=O) groups is 1. The summed E-state index contributed by atoms with van der Waals surface area (Å²) >= 11 is 0. The van der Waals surface area contributed by atoms with Crippen molar-refractivity contribution in [3.63, 3.8) is 0 Å². The number of phenols is 5. The number of aliphatic hydroxyl groups is 1. The number of benzene rings is 2. The molecule has 1 heterocycles. The number of hydrogen-bond acceptors (Lipinski definition) is 9. The Morgan fingerprint density at radius 1 is 1.00 bits per heavy atom. The van der Waals surface area contributed by atoms with E-state index in [2.05, 4.69) is 0 Å². The molecule has 2 atom stereocenters. The summed E-state index contributed by atoms with van der Waals surface area (Å²) in [5.74, 6) is -3.71. The summed E-state index contributed by atoms with van der Waals surface area (Å²) in [6, 6.07) is 4.05. The van der Waals surface area contributed by atoms with Crippen LogP contribution in [0.3, 0.4) is 0 Å². The minimum Gasteiger partial charge on any atom is -0.508 e. The highest BCUT2D eigenvalue weighted by Crippen LogP contribution is 2.39. The number of aromatic hydroxyl groups is 5. The van der Waals surface area contributed by atoms with Gasteiger partial charge >= 0.3 is 5.97 Å². The smallest absolute Gasteiger partial charge is 0.338 e. The number of carbonyl (C=O) groups excluding carboxylic acids is 1. The van der Waals surface area contributed by atoms with E-state index < -0.39 is 35.6 Å². The van der Waals surface area contributed by atoms with Crippen molar-refractivity contribution in [3.05, 3.63) is 35.4 Å². The monoisotopic (exact) mass is 350 g/mol. The third-order valence-electron chi connectivity index (χ3n) is 3.71. The summed E-state index contributed by atoms with van der Waals surface area (Å²) in [6.45, 7) is 0. The second-order valence-corrected chi connectivity index (χ2v) is 5.46. The molecule has 0 radical (unpaired) electrons. The molecule has 0 fully saturated rings. The molecule has 0 aromatic heterocycles. The van der Waals surface area contributed by atoms with Crippen molar-refractivity contribution >= 4 is 5.97 Å². The number of fused-ring (bicyclic) bond motifs is 1. The van der Waals surface area contributed by atoms with Gasteiger partial charge in [-0.15, -0.1) is 0 Å². The molecule has 132 valence electrons. The van der Waals surface area contributed by atoms with Gasteiger partial charge in [0.1, 0.15) is 17.2 Å². The van der Waals surface area contributed by atoms with E-state index in [-0.39, 0.29) is 34.8 Å². The molecule has 0 unspecified atom stereocenters. The quantitative estimate of drug-likeness (QED) is 0.339. The SMILES string of the molecule is O=C(O[C@@H]1Cc2c(O)cc(O)cc2O[C@H]1O)c1cc(O)c(O)c(O)c1. The molecule has 0 bridgehead atoms. The average Bonchev–Trinajstić information content (AvgIpc) is 2.53. The summed E-state index contributed by atoms with van der Waals surface area (Å²) in [7, 11) is 0. The Kier molecular flexibility index (Phi) is 3.93. The number of hydrogen-bond donors (Lipinski definition) is 6. The second kappa shape index (κ2) is 5.95. The molecule has 1 aliphatic heterocycles. The predicted molar refractivity (Wildman–Crippen MR) is 80.8 cm³/mol. The maximum Gasteiger partial charge on any atom is 0.338 e. The maximum atomic E-state index is 12.1. The van der Waals surface area contributed by atoms with Crippen LogP contribution in [-0.4, -0.2) is 49.0 Å². The van der Waals surface area contributed by atoms with Gasteiger partial charge in [0.15, 0.2) is 23.4 Å². The normalized spacial score (nSPS) is 18.9. The van der Waals surface area contributed by atoms with E-state index in [9.17, 15) is 35.4 Å². The van der Waals surface area contributed by atoms with Crippen molar-refractivity contribution in [2.75, 3.05) is 0 Å². The highest BCUT2D eigenvalue weighted by molar-refractivity contribution is 5.91. The lowest BCUT2D eigenvalue weighted by Gasteiger charge is -2.30. The minimum atomic E-state index is -1.56. The van der Waals surface area contributed by atoms with Crippen LogP contribution in [-0.2, 0) is 11.2 Å². The van der Waals surface area contributed by atoms with Crippen molar-refractivity contribution in [3.8, 4) is 34.5 Å². The average molecular weight is 350 g/mol. The van der Waals surface area contributed by atoms with Gasteiger partial charge in [-0.25, -0.2) is 4.79 Å². The van der Waals surface area contributed by atoms with E-state index in [1.165, 1.54) is 6.07 Å². The minimum absolute atomic E-state index is 0.0530. The molecule has 25 heavy (non-hydrogen) atoms. The van der Waals surface area contributed by atoms with Gasteiger partial charge in [0, 0.05) is 24.1 Å². The molecular formula is C16H14O9. The Labute approximate surface area is 140 Å². The highest BCUT2D eigenvalue weighted by atomic mass is 16.6. The maximum absolute atomic E-state index is 12.1. The van der Waals surface area contributed by atoms with Gasteiger partial charge in [0.25, 0.3) is 0 Å². The zero-order valence-corrected chi connectivity index (χ0v) is 12.6. The fourth-order valence-electron chi connectivity index (χ4n) is 2.46. The fourth-order valence-corrected chi connectivity index (χ4v) is 2.46. The van der Waals surface area contributed by atoms with Crippen LogP contribution in [0.25, 0.3) is 0 Å². The Balaban J connectivity index is 1.82. The van der Waals surface area contributed by atoms with E-state index >= 15 is 0 Å². The molecule has 3 rings (SSSR count). The molecule has 0 aliphatic carbocycles. The third-order valence-corrected chi connectivity index (χ3v) is 3.71. The molecule has 9 heteroatoms. The molecule has 1 aliphatic rings. The van der Waals surface area contributed by atoms with Crippen LogP contribution in [0.15, 0.2) is 24.3 Å². The molecule has 0 amide bonds. The van der Waals surface area contributed by atoms with Crippen molar-refractivity contribution in [1.29, 1.82) is 0 Å². The van der Waals surface area contributed by atoms with Crippen molar-refractivity contribution in [2.45, 2.75) is 18.8 Å². The van der Waals surface area contributed by atoms with Crippen molar-refractivity contribution in [1.82, 2.24) is 0 Å². The topological polar surface area (TPSA) is 157 Å². The molecule has 0 spiro atoms. The van der Waals surface area contributed by atoms with Gasteiger partial charge in [-0.1, -0.05) is 0 Å². The molecule has 0 saturated heterocycles. The number of esters is 1.